The fourth-order valence-corrected chi connectivity index (χ4v) is 7.02. The number of aromatic hydroxyl groups is 2. The highest BCUT2D eigenvalue weighted by molar-refractivity contribution is 5.94. The molecule has 5 atom stereocenters. The molecule has 1 unspecified atom stereocenters. The zero-order chi connectivity index (χ0) is 36.4. The molecule has 4 heterocycles. The van der Waals surface area contributed by atoms with Crippen LogP contribution in [0.25, 0.3) is 11.2 Å². The van der Waals surface area contributed by atoms with Gasteiger partial charge in [0.05, 0.1) is 18.4 Å². The molecule has 2 amide bonds. The van der Waals surface area contributed by atoms with Crippen LogP contribution in [0.4, 0.5) is 11.8 Å². The molecule has 53 heavy (non-hydrogen) atoms. The molecule has 2 aliphatic rings. The van der Waals surface area contributed by atoms with Crippen molar-refractivity contribution in [2.75, 3.05) is 29.9 Å². The molecule has 2 fully saturated rings. The summed E-state index contributed by atoms with van der Waals surface area (Å²) in [5.41, 5.74) is 3.24. The number of carbonyl (C=O) groups is 2. The van der Waals surface area contributed by atoms with Gasteiger partial charge in [-0.25, -0.2) is 4.98 Å². The molecule has 2 aromatic carbocycles. The molecule has 0 bridgehead atoms. The second kappa shape index (κ2) is 16.0. The van der Waals surface area contributed by atoms with Crippen molar-refractivity contribution in [3.05, 3.63) is 96.1 Å². The number of nitrogens with zero attached hydrogens (tertiary/aromatic N) is 6. The van der Waals surface area contributed by atoms with E-state index in [9.17, 15) is 30.0 Å². The summed E-state index contributed by atoms with van der Waals surface area (Å²) in [6.07, 6.45) is 3.51. The van der Waals surface area contributed by atoms with Gasteiger partial charge in [-0.2, -0.15) is 9.97 Å². The monoisotopic (exact) mass is 743 g/mol. The molecule has 0 spiro atoms. The second-order valence-electron chi connectivity index (χ2n) is 13.3. The summed E-state index contributed by atoms with van der Waals surface area (Å²) in [4.78, 5) is 45.6. The van der Waals surface area contributed by atoms with E-state index in [-0.39, 0.29) is 60.5 Å². The highest BCUT2D eigenvalue weighted by atomic mass is 35.5. The number of hydrogen-bond donors (Lipinski definition) is 7. The number of anilines is 2. The standard InChI is InChI=1S/C37H41N9O6.ClH/c1-2-30(49)42-28-17-29(33(51)32(28)50)46-20-40-31-34(39-18-27(21-3-7-25(47)8-4-21)22-5-9-26(48)10-6-22)43-37(44-35(31)46)45-16-13-24(19-45)41-36(52)23-11-14-38-15-12-23;/h3-12,14-15,20,24,27-29,32-33,47-48,50-51H,2,13,16-19H2,1H3,(H,41,52)(H,42,49)(H,39,43,44);1H/t24?,28-,29+,32+,33-;/m0./s1. The van der Waals surface area contributed by atoms with Crippen LogP contribution in [0, 0.1) is 0 Å². The molecule has 1 aliphatic carbocycles. The van der Waals surface area contributed by atoms with Crippen LogP contribution in [0.3, 0.4) is 0 Å². The fourth-order valence-electron chi connectivity index (χ4n) is 7.02. The highest BCUT2D eigenvalue weighted by Gasteiger charge is 2.44. The summed E-state index contributed by atoms with van der Waals surface area (Å²) in [7, 11) is 0. The van der Waals surface area contributed by atoms with Crippen LogP contribution in [0.15, 0.2) is 79.4 Å². The maximum absolute atomic E-state index is 12.9. The Bertz CT molecular complexity index is 1990. The number of imidazole rings is 1. The van der Waals surface area contributed by atoms with E-state index in [2.05, 4.69) is 25.9 Å². The number of pyridine rings is 1. The average Bonchev–Trinajstić information content (AvgIpc) is 3.88. The number of halogens is 1. The predicted molar refractivity (Wildman–Crippen MR) is 199 cm³/mol. The third-order valence-electron chi connectivity index (χ3n) is 9.90. The number of rotatable bonds is 11. The Morgan fingerprint density at radius 3 is 2.21 bits per heavy atom. The molecule has 5 aromatic rings. The number of phenolic OH excluding ortho intramolecular Hbond substituents is 2. The highest BCUT2D eigenvalue weighted by Crippen LogP contribution is 2.36. The van der Waals surface area contributed by atoms with Crippen molar-refractivity contribution in [2.24, 2.45) is 0 Å². The summed E-state index contributed by atoms with van der Waals surface area (Å²) in [6, 6.07) is 15.7. The van der Waals surface area contributed by atoms with E-state index < -0.39 is 24.3 Å². The molecule has 1 aliphatic heterocycles. The maximum Gasteiger partial charge on any atom is 0.251 e. The van der Waals surface area contributed by atoms with Crippen LogP contribution in [-0.2, 0) is 4.79 Å². The van der Waals surface area contributed by atoms with Crippen LogP contribution in [0.2, 0.25) is 0 Å². The second-order valence-corrected chi connectivity index (χ2v) is 13.3. The van der Waals surface area contributed by atoms with Crippen LogP contribution in [0.1, 0.15) is 59.6 Å². The summed E-state index contributed by atoms with van der Waals surface area (Å²) in [6.45, 7) is 3.10. The van der Waals surface area contributed by atoms with Gasteiger partial charge in [0.25, 0.3) is 5.91 Å². The van der Waals surface area contributed by atoms with Gasteiger partial charge in [0.1, 0.15) is 23.7 Å². The van der Waals surface area contributed by atoms with Crippen LogP contribution >= 0.6 is 12.4 Å². The fraction of sp³-hybridized carbons (Fsp3) is 0.351. The number of carbonyl (C=O) groups excluding carboxylic acids is 2. The van der Waals surface area contributed by atoms with Crippen LogP contribution in [-0.4, -0.2) is 101 Å². The maximum atomic E-state index is 12.9. The molecule has 3 aromatic heterocycles. The Morgan fingerprint density at radius 1 is 0.906 bits per heavy atom. The Morgan fingerprint density at radius 2 is 1.57 bits per heavy atom. The average molecular weight is 744 g/mol. The number of aliphatic hydroxyl groups excluding tert-OH is 2. The van der Waals surface area contributed by atoms with Gasteiger partial charge in [-0.05, 0) is 60.4 Å². The molecule has 15 nitrogen and oxygen atoms in total. The lowest BCUT2D eigenvalue weighted by atomic mass is 9.91. The number of aromatic nitrogens is 5. The summed E-state index contributed by atoms with van der Waals surface area (Å²) in [5, 5.41) is 51.4. The zero-order valence-electron chi connectivity index (χ0n) is 28.9. The van der Waals surface area contributed by atoms with Gasteiger partial charge in [-0.1, -0.05) is 31.2 Å². The van der Waals surface area contributed by atoms with Crippen molar-refractivity contribution in [2.45, 2.75) is 62.4 Å². The van der Waals surface area contributed by atoms with Gasteiger partial charge in [-0.3, -0.25) is 14.6 Å². The molecule has 1 saturated heterocycles. The van der Waals surface area contributed by atoms with Gasteiger partial charge < -0.3 is 45.8 Å². The number of benzene rings is 2. The first-order chi connectivity index (χ1) is 25.2. The van der Waals surface area contributed by atoms with Gasteiger partial charge in [0.15, 0.2) is 17.0 Å². The number of aliphatic hydroxyl groups is 2. The third kappa shape index (κ3) is 7.96. The lowest BCUT2D eigenvalue weighted by Crippen LogP contribution is -2.42. The van der Waals surface area contributed by atoms with E-state index >= 15 is 0 Å². The van der Waals surface area contributed by atoms with E-state index in [0.29, 0.717) is 54.5 Å². The first kappa shape index (κ1) is 37.3. The van der Waals surface area contributed by atoms with Crippen molar-refractivity contribution in [3.63, 3.8) is 0 Å². The van der Waals surface area contributed by atoms with Crippen molar-refractivity contribution < 1.29 is 30.0 Å². The summed E-state index contributed by atoms with van der Waals surface area (Å²) in [5.74, 6) is 0.488. The molecule has 7 N–H and O–H groups in total. The van der Waals surface area contributed by atoms with Crippen molar-refractivity contribution in [3.8, 4) is 11.5 Å². The SMILES string of the molecule is CCC(=O)N[C@H]1C[C@@H](n2cnc3c(NCC(c4ccc(O)cc4)c4ccc(O)cc4)nc(N4CCC(NC(=O)c5ccncc5)C4)nc32)[C@H](O)[C@@H]1O.Cl. The van der Waals surface area contributed by atoms with Gasteiger partial charge in [-0.15, -0.1) is 12.4 Å². The van der Waals surface area contributed by atoms with E-state index in [4.69, 9.17) is 9.97 Å². The molecular weight excluding hydrogens is 702 g/mol. The first-order valence-electron chi connectivity index (χ1n) is 17.4. The van der Waals surface area contributed by atoms with Crippen molar-refractivity contribution in [1.29, 1.82) is 0 Å². The smallest absolute Gasteiger partial charge is 0.251 e. The van der Waals surface area contributed by atoms with E-state index in [1.165, 1.54) is 0 Å². The van der Waals surface area contributed by atoms with E-state index in [0.717, 1.165) is 11.1 Å². The molecule has 0 radical (unpaired) electrons. The van der Waals surface area contributed by atoms with E-state index in [1.807, 2.05) is 29.2 Å². The number of hydrogen-bond acceptors (Lipinski definition) is 12. The lowest BCUT2D eigenvalue weighted by Gasteiger charge is -2.22. The number of nitrogens with one attached hydrogen (secondary N) is 3. The quantitative estimate of drug-likeness (QED) is 0.104. The van der Waals surface area contributed by atoms with Crippen LogP contribution in [0.5, 0.6) is 11.5 Å². The molecule has 1 saturated carbocycles. The van der Waals surface area contributed by atoms with Gasteiger partial charge in [0.2, 0.25) is 11.9 Å². The zero-order valence-corrected chi connectivity index (χ0v) is 29.7. The Balaban J connectivity index is 0.00000481. The Labute approximate surface area is 311 Å². The van der Waals surface area contributed by atoms with Crippen molar-refractivity contribution >= 4 is 47.2 Å². The third-order valence-corrected chi connectivity index (χ3v) is 9.90. The molecule has 7 rings (SSSR count). The summed E-state index contributed by atoms with van der Waals surface area (Å²) < 4.78 is 1.73. The minimum absolute atomic E-state index is 0. The van der Waals surface area contributed by atoms with E-state index in [1.54, 1.807) is 66.6 Å². The normalized spacial score (nSPS) is 21.1. The van der Waals surface area contributed by atoms with Crippen LogP contribution < -0.4 is 20.9 Å². The number of phenols is 2. The molecular formula is C37H42ClN9O6. The largest absolute Gasteiger partial charge is 0.508 e. The number of amides is 2. The Kier molecular flexibility index (Phi) is 11.3. The van der Waals surface area contributed by atoms with Crippen molar-refractivity contribution in [1.82, 2.24) is 35.1 Å². The minimum Gasteiger partial charge on any atom is -0.508 e. The number of fused-ring (bicyclic) bond motifs is 1. The Hall–Kier alpha value is -5.51. The lowest BCUT2D eigenvalue weighted by molar-refractivity contribution is -0.122. The summed E-state index contributed by atoms with van der Waals surface area (Å²) >= 11 is 0. The topological polar surface area (TPSA) is 211 Å². The minimum atomic E-state index is -1.19. The van der Waals surface area contributed by atoms with Gasteiger partial charge in [0, 0.05) is 56.0 Å². The van der Waals surface area contributed by atoms with Gasteiger partial charge >= 0.3 is 0 Å². The molecule has 16 heteroatoms. The first-order valence-corrected chi connectivity index (χ1v) is 17.4. The predicted octanol–water partition coefficient (Wildman–Crippen LogP) is 2.87. The molecule has 278 valence electrons.